The van der Waals surface area contributed by atoms with Gasteiger partial charge in [0.25, 0.3) is 0 Å². The van der Waals surface area contributed by atoms with E-state index in [2.05, 4.69) is 38.2 Å². The first-order valence-electron chi connectivity index (χ1n) is 6.32. The highest BCUT2D eigenvalue weighted by molar-refractivity contribution is 9.11. The second-order valence-corrected chi connectivity index (χ2v) is 5.99. The average Bonchev–Trinajstić information content (AvgIpc) is 2.85. The van der Waals surface area contributed by atoms with Gasteiger partial charge in [-0.2, -0.15) is 0 Å². The summed E-state index contributed by atoms with van der Waals surface area (Å²) in [6.45, 7) is 6.59. The van der Waals surface area contributed by atoms with Crippen LogP contribution in [0.1, 0.15) is 26.7 Å². The molecule has 2 aliphatic heterocycles. The van der Waals surface area contributed by atoms with Crippen molar-refractivity contribution in [3.63, 3.8) is 0 Å². The molecule has 100 valence electrons. The molecule has 0 aromatic rings. The van der Waals surface area contributed by atoms with Crippen molar-refractivity contribution in [2.24, 2.45) is 21.2 Å². The van der Waals surface area contributed by atoms with Crippen LogP contribution in [0.3, 0.4) is 0 Å². The number of hydrogen-bond donors (Lipinski definition) is 0. The first kappa shape index (κ1) is 13.7. The van der Waals surface area contributed by atoms with E-state index < -0.39 is 0 Å². The Balaban J connectivity index is 1.90. The van der Waals surface area contributed by atoms with Crippen LogP contribution in [0.25, 0.3) is 0 Å². The molecule has 0 bridgehead atoms. The maximum atomic E-state index is 5.39. The number of aliphatic imine (C=N–C) groups is 1. The van der Waals surface area contributed by atoms with Crippen LogP contribution in [0.5, 0.6) is 0 Å². The zero-order valence-electron chi connectivity index (χ0n) is 10.8. The molecule has 0 aliphatic carbocycles. The average molecular weight is 315 g/mol. The second kappa shape index (κ2) is 6.43. The number of halogens is 1. The van der Waals surface area contributed by atoms with Gasteiger partial charge in [-0.1, -0.05) is 21.2 Å². The van der Waals surface area contributed by atoms with Crippen molar-refractivity contribution in [2.45, 2.75) is 32.7 Å². The molecule has 1 fully saturated rings. The van der Waals surface area contributed by atoms with Gasteiger partial charge in [0.15, 0.2) is 5.84 Å². The van der Waals surface area contributed by atoms with E-state index in [4.69, 9.17) is 4.74 Å². The monoisotopic (exact) mass is 314 g/mol. The Bertz CT molecular complexity index is 370. The van der Waals surface area contributed by atoms with Crippen molar-refractivity contribution >= 4 is 21.8 Å². The van der Waals surface area contributed by atoms with Crippen LogP contribution in [-0.4, -0.2) is 36.6 Å². The molecule has 2 heterocycles. The summed E-state index contributed by atoms with van der Waals surface area (Å²) in [5, 5.41) is 10.4. The summed E-state index contributed by atoms with van der Waals surface area (Å²) in [6.07, 6.45) is 3.98. The fourth-order valence-corrected chi connectivity index (χ4v) is 2.32. The third-order valence-electron chi connectivity index (χ3n) is 3.39. The largest absolute Gasteiger partial charge is 0.381 e. The Morgan fingerprint density at radius 2 is 2.28 bits per heavy atom. The van der Waals surface area contributed by atoms with E-state index in [1.807, 2.05) is 11.9 Å². The topological polar surface area (TPSA) is 49.5 Å². The van der Waals surface area contributed by atoms with Crippen molar-refractivity contribution in [2.75, 3.05) is 19.8 Å². The molecule has 0 amide bonds. The first-order chi connectivity index (χ1) is 8.66. The van der Waals surface area contributed by atoms with Crippen LogP contribution in [0.4, 0.5) is 0 Å². The third-order valence-corrected chi connectivity index (χ3v) is 3.59. The van der Waals surface area contributed by atoms with Crippen molar-refractivity contribution in [3.05, 3.63) is 10.7 Å². The van der Waals surface area contributed by atoms with Gasteiger partial charge in [0.2, 0.25) is 0 Å². The fraction of sp³-hybridized carbons (Fsp3) is 0.750. The summed E-state index contributed by atoms with van der Waals surface area (Å²) in [4.78, 5) is 4.28. The summed E-state index contributed by atoms with van der Waals surface area (Å²) in [5.74, 6) is 1.42. The SMILES string of the molecule is C/C(Br)=C\N=C1CN(C(C)C2CCOCC2)N=N1. The number of hydrogen-bond acceptors (Lipinski definition) is 4. The molecule has 2 rings (SSSR count). The smallest absolute Gasteiger partial charge is 0.173 e. The van der Waals surface area contributed by atoms with Gasteiger partial charge in [0.1, 0.15) is 0 Å². The summed E-state index contributed by atoms with van der Waals surface area (Å²) in [6, 6.07) is 0.402. The molecule has 0 aromatic heterocycles. The maximum Gasteiger partial charge on any atom is 0.173 e. The number of nitrogens with zero attached hydrogens (tertiary/aromatic N) is 4. The van der Waals surface area contributed by atoms with Gasteiger partial charge in [0.05, 0.1) is 6.54 Å². The molecule has 0 aromatic carbocycles. The van der Waals surface area contributed by atoms with Gasteiger partial charge in [-0.25, -0.2) is 4.99 Å². The number of ether oxygens (including phenoxy) is 1. The lowest BCUT2D eigenvalue weighted by Crippen LogP contribution is -2.37. The van der Waals surface area contributed by atoms with Crippen LogP contribution in [0.15, 0.2) is 26.0 Å². The molecule has 18 heavy (non-hydrogen) atoms. The Labute approximate surface area is 116 Å². The van der Waals surface area contributed by atoms with Crippen molar-refractivity contribution in [1.82, 2.24) is 5.01 Å². The predicted molar refractivity (Wildman–Crippen MR) is 74.7 cm³/mol. The molecule has 6 heteroatoms. The lowest BCUT2D eigenvalue weighted by molar-refractivity contribution is 0.0345. The minimum atomic E-state index is 0.402. The molecule has 1 atom stereocenters. The minimum Gasteiger partial charge on any atom is -0.381 e. The Morgan fingerprint density at radius 1 is 1.56 bits per heavy atom. The van der Waals surface area contributed by atoms with Gasteiger partial charge in [-0.15, -0.1) is 5.11 Å². The minimum absolute atomic E-state index is 0.402. The Kier molecular flexibility index (Phi) is 4.88. The highest BCUT2D eigenvalue weighted by Crippen LogP contribution is 2.24. The number of rotatable bonds is 3. The van der Waals surface area contributed by atoms with E-state index in [1.165, 1.54) is 0 Å². The molecule has 2 aliphatic rings. The van der Waals surface area contributed by atoms with E-state index in [1.54, 1.807) is 6.20 Å². The van der Waals surface area contributed by atoms with Crippen LogP contribution in [0, 0.1) is 5.92 Å². The molecule has 0 N–H and O–H groups in total. The normalized spacial score (nSPS) is 26.1. The van der Waals surface area contributed by atoms with Gasteiger partial charge in [-0.3, -0.25) is 5.01 Å². The quantitative estimate of drug-likeness (QED) is 0.803. The summed E-state index contributed by atoms with van der Waals surface area (Å²) < 4.78 is 6.38. The van der Waals surface area contributed by atoms with Crippen molar-refractivity contribution < 1.29 is 4.74 Å². The van der Waals surface area contributed by atoms with Crippen LogP contribution in [0.2, 0.25) is 0 Å². The highest BCUT2D eigenvalue weighted by atomic mass is 79.9. The zero-order valence-corrected chi connectivity index (χ0v) is 12.4. The Morgan fingerprint density at radius 3 is 2.94 bits per heavy atom. The lowest BCUT2D eigenvalue weighted by Gasteiger charge is -2.31. The van der Waals surface area contributed by atoms with Crippen molar-refractivity contribution in [3.8, 4) is 0 Å². The van der Waals surface area contributed by atoms with E-state index in [-0.39, 0.29) is 0 Å². The molecule has 0 radical (unpaired) electrons. The molecular weight excluding hydrogens is 296 g/mol. The summed E-state index contributed by atoms with van der Waals surface area (Å²) in [5.41, 5.74) is 0. The third kappa shape index (κ3) is 3.62. The molecule has 0 saturated carbocycles. The summed E-state index contributed by atoms with van der Waals surface area (Å²) >= 11 is 3.34. The van der Waals surface area contributed by atoms with Crippen LogP contribution < -0.4 is 0 Å². The van der Waals surface area contributed by atoms with E-state index in [0.29, 0.717) is 18.5 Å². The molecule has 1 unspecified atom stereocenters. The molecular formula is C12H19BrN4O. The van der Waals surface area contributed by atoms with Gasteiger partial charge >= 0.3 is 0 Å². The highest BCUT2D eigenvalue weighted by Gasteiger charge is 2.28. The van der Waals surface area contributed by atoms with Crippen molar-refractivity contribution in [1.29, 1.82) is 0 Å². The lowest BCUT2D eigenvalue weighted by atomic mass is 9.92. The predicted octanol–water partition coefficient (Wildman–Crippen LogP) is 3.14. The standard InChI is InChI=1S/C12H19BrN4O/c1-9(13)7-14-12-8-17(16-15-12)10(2)11-3-5-18-6-4-11/h7,10-11H,3-6,8H2,1-2H3/b9-7+,14-12?. The van der Waals surface area contributed by atoms with Gasteiger partial charge in [-0.05, 0) is 32.6 Å². The van der Waals surface area contributed by atoms with Crippen LogP contribution >= 0.6 is 15.9 Å². The van der Waals surface area contributed by atoms with E-state index >= 15 is 0 Å². The second-order valence-electron chi connectivity index (χ2n) is 4.74. The number of amidine groups is 1. The maximum absolute atomic E-state index is 5.39. The zero-order chi connectivity index (χ0) is 13.0. The Hall–Kier alpha value is -0.750. The van der Waals surface area contributed by atoms with Gasteiger partial charge < -0.3 is 4.74 Å². The first-order valence-corrected chi connectivity index (χ1v) is 7.11. The van der Waals surface area contributed by atoms with E-state index in [0.717, 1.165) is 36.4 Å². The summed E-state index contributed by atoms with van der Waals surface area (Å²) in [7, 11) is 0. The fourth-order valence-electron chi connectivity index (χ4n) is 2.21. The van der Waals surface area contributed by atoms with Gasteiger partial charge in [0, 0.05) is 29.9 Å². The van der Waals surface area contributed by atoms with Crippen LogP contribution in [-0.2, 0) is 4.74 Å². The molecule has 0 spiro atoms. The number of allylic oxidation sites excluding steroid dienone is 1. The van der Waals surface area contributed by atoms with E-state index in [9.17, 15) is 0 Å². The molecule has 1 saturated heterocycles. The molecule has 5 nitrogen and oxygen atoms in total.